The third-order valence-electron chi connectivity index (χ3n) is 5.01. The van der Waals surface area contributed by atoms with Gasteiger partial charge in [0.1, 0.15) is 5.82 Å². The molecule has 0 spiro atoms. The van der Waals surface area contributed by atoms with Crippen LogP contribution in [0.5, 0.6) is 0 Å². The van der Waals surface area contributed by atoms with E-state index in [4.69, 9.17) is 4.74 Å². The van der Waals surface area contributed by atoms with Crippen molar-refractivity contribution in [2.45, 2.75) is 39.5 Å². The van der Waals surface area contributed by atoms with Gasteiger partial charge in [0.05, 0.1) is 12.5 Å². The Hall–Kier alpha value is -2.83. The third kappa shape index (κ3) is 4.91. The molecule has 1 aromatic heterocycles. The largest absolute Gasteiger partial charge is 0.449 e. The molecule has 0 aliphatic carbocycles. The highest BCUT2D eigenvalue weighted by Gasteiger charge is 2.29. The van der Waals surface area contributed by atoms with Crippen molar-refractivity contribution in [2.24, 2.45) is 5.92 Å². The summed E-state index contributed by atoms with van der Waals surface area (Å²) >= 11 is 0. The lowest BCUT2D eigenvalue weighted by Crippen LogP contribution is -2.44. The summed E-state index contributed by atoms with van der Waals surface area (Å²) in [7, 11) is 0. The zero-order valence-corrected chi connectivity index (χ0v) is 16.6. The van der Waals surface area contributed by atoms with Gasteiger partial charge in [0.15, 0.2) is 0 Å². The van der Waals surface area contributed by atoms with Gasteiger partial charge in [-0.05, 0) is 50.5 Å². The summed E-state index contributed by atoms with van der Waals surface area (Å²) in [6.07, 6.45) is 6.77. The number of rotatable bonds is 6. The van der Waals surface area contributed by atoms with Gasteiger partial charge in [-0.25, -0.2) is 9.78 Å². The molecule has 0 radical (unpaired) electrons. The number of piperidine rings is 1. The molecular weight excluding hydrogens is 356 g/mol. The minimum Gasteiger partial charge on any atom is -0.449 e. The molecule has 1 fully saturated rings. The molecule has 7 nitrogen and oxygen atoms in total. The Balaban J connectivity index is 1.55. The first-order valence-corrected chi connectivity index (χ1v) is 9.91. The summed E-state index contributed by atoms with van der Waals surface area (Å²) in [5, 5.41) is 2.97. The van der Waals surface area contributed by atoms with E-state index in [-0.39, 0.29) is 17.9 Å². The average Bonchev–Trinajstić information content (AvgIpc) is 3.14. The molecule has 1 atom stereocenters. The highest BCUT2D eigenvalue weighted by molar-refractivity contribution is 5.93. The lowest BCUT2D eigenvalue weighted by atomic mass is 9.97. The van der Waals surface area contributed by atoms with Crippen LogP contribution in [0, 0.1) is 12.8 Å². The van der Waals surface area contributed by atoms with Crippen molar-refractivity contribution in [3.63, 3.8) is 0 Å². The fourth-order valence-electron chi connectivity index (χ4n) is 3.35. The van der Waals surface area contributed by atoms with Crippen molar-refractivity contribution in [1.82, 2.24) is 14.5 Å². The van der Waals surface area contributed by atoms with E-state index < -0.39 is 0 Å². The number of carbonyl (C=O) groups is 2. The molecule has 1 unspecified atom stereocenters. The summed E-state index contributed by atoms with van der Waals surface area (Å²) < 4.78 is 7.26. The molecular formula is C21H28N4O3. The quantitative estimate of drug-likeness (QED) is 0.769. The molecule has 1 aliphatic rings. The van der Waals surface area contributed by atoms with Crippen LogP contribution in [0.15, 0.2) is 36.7 Å². The SMILES string of the molecule is CCCCOC(=O)N1CCCC(C(=O)Nc2ccc(-n3ccnc3C)cc2)C1. The second-order valence-corrected chi connectivity index (χ2v) is 7.13. The Labute approximate surface area is 165 Å². The number of aromatic nitrogens is 2. The van der Waals surface area contributed by atoms with E-state index in [0.717, 1.165) is 42.9 Å². The van der Waals surface area contributed by atoms with E-state index in [1.54, 1.807) is 11.1 Å². The van der Waals surface area contributed by atoms with Crippen molar-refractivity contribution in [3.05, 3.63) is 42.5 Å². The number of amides is 2. The number of nitrogens with zero attached hydrogens (tertiary/aromatic N) is 3. The molecule has 1 N–H and O–H groups in total. The van der Waals surface area contributed by atoms with Gasteiger partial charge in [-0.1, -0.05) is 13.3 Å². The molecule has 2 aromatic rings. The first-order chi connectivity index (χ1) is 13.6. The number of unbranched alkanes of at least 4 members (excludes halogenated alkanes) is 1. The molecule has 0 bridgehead atoms. The zero-order valence-electron chi connectivity index (χ0n) is 16.6. The van der Waals surface area contributed by atoms with Crippen LogP contribution >= 0.6 is 0 Å². The minimum absolute atomic E-state index is 0.0578. The number of ether oxygens (including phenoxy) is 1. The van der Waals surface area contributed by atoms with Gasteiger partial charge in [0.25, 0.3) is 0 Å². The van der Waals surface area contributed by atoms with Gasteiger partial charge in [0.2, 0.25) is 5.91 Å². The normalized spacial score (nSPS) is 16.6. The molecule has 7 heteroatoms. The van der Waals surface area contributed by atoms with Gasteiger partial charge in [0, 0.05) is 36.9 Å². The van der Waals surface area contributed by atoms with Crippen LogP contribution in [-0.2, 0) is 9.53 Å². The number of anilines is 1. The van der Waals surface area contributed by atoms with Crippen molar-refractivity contribution < 1.29 is 14.3 Å². The van der Waals surface area contributed by atoms with Crippen LogP contribution in [0.4, 0.5) is 10.5 Å². The number of likely N-dealkylation sites (tertiary alicyclic amines) is 1. The monoisotopic (exact) mass is 384 g/mol. The highest BCUT2D eigenvalue weighted by Crippen LogP contribution is 2.20. The van der Waals surface area contributed by atoms with Crippen LogP contribution < -0.4 is 5.32 Å². The third-order valence-corrected chi connectivity index (χ3v) is 5.01. The molecule has 3 rings (SSSR count). The first-order valence-electron chi connectivity index (χ1n) is 9.91. The minimum atomic E-state index is -0.314. The maximum atomic E-state index is 12.7. The molecule has 1 aromatic carbocycles. The number of carbonyl (C=O) groups excluding carboxylic acids is 2. The summed E-state index contributed by atoms with van der Waals surface area (Å²) in [6, 6.07) is 7.66. The topological polar surface area (TPSA) is 76.5 Å². The smallest absolute Gasteiger partial charge is 0.409 e. The summed E-state index contributed by atoms with van der Waals surface area (Å²) in [4.78, 5) is 30.7. The Kier molecular flexibility index (Phi) is 6.68. The van der Waals surface area contributed by atoms with Crippen molar-refractivity contribution in [1.29, 1.82) is 0 Å². The maximum absolute atomic E-state index is 12.7. The van der Waals surface area contributed by atoms with E-state index >= 15 is 0 Å². The Morgan fingerprint density at radius 3 is 2.75 bits per heavy atom. The van der Waals surface area contributed by atoms with E-state index in [1.165, 1.54) is 0 Å². The molecule has 28 heavy (non-hydrogen) atoms. The predicted molar refractivity (Wildman–Crippen MR) is 107 cm³/mol. The van der Waals surface area contributed by atoms with Crippen LogP contribution in [-0.4, -0.2) is 46.1 Å². The number of imidazole rings is 1. The van der Waals surface area contributed by atoms with Crippen molar-refractivity contribution >= 4 is 17.7 Å². The van der Waals surface area contributed by atoms with Gasteiger partial charge >= 0.3 is 6.09 Å². The second-order valence-electron chi connectivity index (χ2n) is 7.13. The lowest BCUT2D eigenvalue weighted by molar-refractivity contribution is -0.121. The van der Waals surface area contributed by atoms with E-state index in [1.807, 2.05) is 42.0 Å². The molecule has 150 valence electrons. The number of benzene rings is 1. The predicted octanol–water partition coefficient (Wildman–Crippen LogP) is 3.77. The zero-order chi connectivity index (χ0) is 19.9. The Morgan fingerprint density at radius 2 is 2.07 bits per heavy atom. The Bertz CT molecular complexity index is 800. The standard InChI is InChI=1S/C21H28N4O3/c1-3-4-14-28-21(27)24-12-5-6-17(15-24)20(26)23-18-7-9-19(10-8-18)25-13-11-22-16(25)2/h7-11,13,17H,3-6,12,14-15H2,1-2H3,(H,23,26). The summed E-state index contributed by atoms with van der Waals surface area (Å²) in [5.74, 6) is 0.630. The molecule has 1 aliphatic heterocycles. The van der Waals surface area contributed by atoms with Crippen LogP contribution in [0.25, 0.3) is 5.69 Å². The Morgan fingerprint density at radius 1 is 1.29 bits per heavy atom. The van der Waals surface area contributed by atoms with E-state index in [2.05, 4.69) is 17.2 Å². The number of hydrogen-bond acceptors (Lipinski definition) is 4. The molecule has 1 saturated heterocycles. The average molecular weight is 384 g/mol. The number of nitrogens with one attached hydrogen (secondary N) is 1. The van der Waals surface area contributed by atoms with E-state index in [0.29, 0.717) is 19.7 Å². The first kappa shape index (κ1) is 19.9. The number of aryl methyl sites for hydroxylation is 1. The van der Waals surface area contributed by atoms with Crippen LogP contribution in [0.2, 0.25) is 0 Å². The fourth-order valence-corrected chi connectivity index (χ4v) is 3.35. The summed E-state index contributed by atoms with van der Waals surface area (Å²) in [5.41, 5.74) is 1.74. The van der Waals surface area contributed by atoms with E-state index in [9.17, 15) is 9.59 Å². The summed E-state index contributed by atoms with van der Waals surface area (Å²) in [6.45, 7) is 5.48. The second kappa shape index (κ2) is 9.39. The number of hydrogen-bond donors (Lipinski definition) is 1. The van der Waals surface area contributed by atoms with Crippen molar-refractivity contribution in [3.8, 4) is 5.69 Å². The van der Waals surface area contributed by atoms with Crippen LogP contribution in [0.1, 0.15) is 38.4 Å². The van der Waals surface area contributed by atoms with Gasteiger partial charge < -0.3 is 19.5 Å². The van der Waals surface area contributed by atoms with Gasteiger partial charge in [-0.2, -0.15) is 0 Å². The lowest BCUT2D eigenvalue weighted by Gasteiger charge is -2.31. The maximum Gasteiger partial charge on any atom is 0.409 e. The van der Waals surface area contributed by atoms with Gasteiger partial charge in [-0.15, -0.1) is 0 Å². The molecule has 0 saturated carbocycles. The molecule has 2 heterocycles. The van der Waals surface area contributed by atoms with Gasteiger partial charge in [-0.3, -0.25) is 4.79 Å². The molecule has 2 amide bonds. The highest BCUT2D eigenvalue weighted by atomic mass is 16.6. The van der Waals surface area contributed by atoms with Crippen molar-refractivity contribution in [2.75, 3.05) is 25.0 Å². The fraction of sp³-hybridized carbons (Fsp3) is 0.476. The van der Waals surface area contributed by atoms with Crippen LogP contribution in [0.3, 0.4) is 0 Å².